The first-order valence-electron chi connectivity index (χ1n) is 6.18. The number of imide groups is 1. The van der Waals surface area contributed by atoms with Crippen LogP contribution in [0.5, 0.6) is 0 Å². The Morgan fingerprint density at radius 1 is 1.05 bits per heavy atom. The average Bonchev–Trinajstić information content (AvgIpc) is 3.07. The second-order valence-electron chi connectivity index (χ2n) is 4.46. The van der Waals surface area contributed by atoms with Crippen LogP contribution in [0.3, 0.4) is 0 Å². The fraction of sp³-hybridized carbons (Fsp3) is 0.133. The zero-order chi connectivity index (χ0) is 14.1. The van der Waals surface area contributed by atoms with Crippen LogP contribution in [0.2, 0.25) is 0 Å². The first-order chi connectivity index (χ1) is 9.74. The lowest BCUT2D eigenvalue weighted by molar-refractivity contribution is -0.108. The SMILES string of the molecule is O=CCC(c1cccs1)N1C(=O)c2ccccc2C1=O. The average molecular weight is 285 g/mol. The van der Waals surface area contributed by atoms with Gasteiger partial charge in [-0.25, -0.2) is 0 Å². The summed E-state index contributed by atoms with van der Waals surface area (Å²) < 4.78 is 0. The fourth-order valence-electron chi connectivity index (χ4n) is 2.41. The van der Waals surface area contributed by atoms with E-state index in [1.807, 2.05) is 17.5 Å². The molecule has 1 aliphatic heterocycles. The Morgan fingerprint density at radius 3 is 2.20 bits per heavy atom. The number of hydrogen-bond acceptors (Lipinski definition) is 4. The predicted octanol–water partition coefficient (Wildman–Crippen LogP) is 2.67. The summed E-state index contributed by atoms with van der Waals surface area (Å²) in [5.74, 6) is -0.656. The maximum absolute atomic E-state index is 12.4. The summed E-state index contributed by atoms with van der Waals surface area (Å²) in [6, 6.07) is 9.91. The van der Waals surface area contributed by atoms with Crippen molar-refractivity contribution in [3.63, 3.8) is 0 Å². The molecule has 100 valence electrons. The van der Waals surface area contributed by atoms with Gasteiger partial charge in [-0.3, -0.25) is 14.5 Å². The molecule has 5 heteroatoms. The van der Waals surface area contributed by atoms with E-state index in [4.69, 9.17) is 0 Å². The van der Waals surface area contributed by atoms with Crippen molar-refractivity contribution in [2.75, 3.05) is 0 Å². The first kappa shape index (κ1) is 12.7. The molecule has 0 saturated heterocycles. The molecule has 1 atom stereocenters. The summed E-state index contributed by atoms with van der Waals surface area (Å²) in [6.07, 6.45) is 0.861. The number of benzene rings is 1. The molecule has 0 N–H and O–H groups in total. The van der Waals surface area contributed by atoms with Crippen LogP contribution >= 0.6 is 11.3 Å². The minimum atomic E-state index is -0.514. The molecule has 2 aromatic rings. The van der Waals surface area contributed by atoms with Crippen LogP contribution in [0, 0.1) is 0 Å². The van der Waals surface area contributed by atoms with Crippen molar-refractivity contribution in [1.29, 1.82) is 0 Å². The molecule has 3 rings (SSSR count). The smallest absolute Gasteiger partial charge is 0.262 e. The summed E-state index contributed by atoms with van der Waals surface area (Å²) in [6.45, 7) is 0. The monoisotopic (exact) mass is 285 g/mol. The molecule has 20 heavy (non-hydrogen) atoms. The molecule has 0 fully saturated rings. The van der Waals surface area contributed by atoms with Gasteiger partial charge in [0.25, 0.3) is 11.8 Å². The number of thiophene rings is 1. The van der Waals surface area contributed by atoms with Crippen LogP contribution < -0.4 is 0 Å². The number of aldehydes is 1. The van der Waals surface area contributed by atoms with E-state index < -0.39 is 6.04 Å². The molecule has 4 nitrogen and oxygen atoms in total. The Balaban J connectivity index is 2.04. The highest BCUT2D eigenvalue weighted by Crippen LogP contribution is 2.34. The summed E-state index contributed by atoms with van der Waals surface area (Å²) >= 11 is 1.44. The van der Waals surface area contributed by atoms with Gasteiger partial charge >= 0.3 is 0 Å². The van der Waals surface area contributed by atoms with Gasteiger partial charge in [0.05, 0.1) is 17.2 Å². The van der Waals surface area contributed by atoms with Gasteiger partial charge in [-0.1, -0.05) is 18.2 Å². The van der Waals surface area contributed by atoms with Gasteiger partial charge in [0, 0.05) is 11.3 Å². The molecule has 1 aromatic carbocycles. The lowest BCUT2D eigenvalue weighted by atomic mass is 10.1. The highest BCUT2D eigenvalue weighted by Gasteiger charge is 2.40. The highest BCUT2D eigenvalue weighted by atomic mass is 32.1. The van der Waals surface area contributed by atoms with Crippen molar-refractivity contribution in [3.8, 4) is 0 Å². The zero-order valence-electron chi connectivity index (χ0n) is 10.5. The molecule has 0 spiro atoms. The fourth-order valence-corrected chi connectivity index (χ4v) is 3.24. The maximum Gasteiger partial charge on any atom is 0.262 e. The maximum atomic E-state index is 12.4. The van der Waals surface area contributed by atoms with E-state index in [0.29, 0.717) is 11.1 Å². The second kappa shape index (κ2) is 5.02. The van der Waals surface area contributed by atoms with Gasteiger partial charge < -0.3 is 4.79 Å². The van der Waals surface area contributed by atoms with Gasteiger partial charge in [0.2, 0.25) is 0 Å². The third kappa shape index (κ3) is 1.87. The number of hydrogen-bond donors (Lipinski definition) is 0. The molecular formula is C15H11NO3S. The van der Waals surface area contributed by atoms with Crippen LogP contribution in [-0.4, -0.2) is 23.0 Å². The Kier molecular flexibility index (Phi) is 3.20. The molecule has 0 radical (unpaired) electrons. The van der Waals surface area contributed by atoms with E-state index >= 15 is 0 Å². The van der Waals surface area contributed by atoms with Crippen LogP contribution in [0.1, 0.15) is 38.1 Å². The van der Waals surface area contributed by atoms with Crippen molar-refractivity contribution in [1.82, 2.24) is 4.90 Å². The van der Waals surface area contributed by atoms with E-state index in [0.717, 1.165) is 11.2 Å². The van der Waals surface area contributed by atoms with Crippen molar-refractivity contribution in [3.05, 3.63) is 57.8 Å². The van der Waals surface area contributed by atoms with E-state index in [2.05, 4.69) is 0 Å². The molecule has 0 saturated carbocycles. The van der Waals surface area contributed by atoms with Gasteiger partial charge in [-0.15, -0.1) is 11.3 Å². The topological polar surface area (TPSA) is 54.5 Å². The van der Waals surface area contributed by atoms with Crippen LogP contribution in [-0.2, 0) is 4.79 Å². The first-order valence-corrected chi connectivity index (χ1v) is 7.06. The lowest BCUT2D eigenvalue weighted by Gasteiger charge is -2.23. The van der Waals surface area contributed by atoms with Gasteiger partial charge in [0.15, 0.2) is 0 Å². The largest absolute Gasteiger partial charge is 0.303 e. The molecule has 2 heterocycles. The Bertz CT molecular complexity index is 643. The Morgan fingerprint density at radius 2 is 1.70 bits per heavy atom. The Labute approximate surface area is 119 Å². The summed E-state index contributed by atoms with van der Waals surface area (Å²) in [5, 5.41) is 1.87. The molecular weight excluding hydrogens is 274 g/mol. The number of rotatable bonds is 4. The quantitative estimate of drug-likeness (QED) is 0.641. The molecule has 0 aliphatic carbocycles. The highest BCUT2D eigenvalue weighted by molar-refractivity contribution is 7.10. The number of amides is 2. The third-order valence-electron chi connectivity index (χ3n) is 3.33. The van der Waals surface area contributed by atoms with Gasteiger partial charge in [0.1, 0.15) is 6.29 Å². The van der Waals surface area contributed by atoms with E-state index in [1.165, 1.54) is 16.2 Å². The number of fused-ring (bicyclic) bond motifs is 1. The molecule has 1 aromatic heterocycles. The minimum absolute atomic E-state index is 0.117. The number of carbonyl (C=O) groups is 3. The van der Waals surface area contributed by atoms with Crippen molar-refractivity contribution in [2.45, 2.75) is 12.5 Å². The van der Waals surface area contributed by atoms with Crippen molar-refractivity contribution >= 4 is 29.4 Å². The number of nitrogens with zero attached hydrogens (tertiary/aromatic N) is 1. The summed E-state index contributed by atoms with van der Waals surface area (Å²) in [5.41, 5.74) is 0.815. The van der Waals surface area contributed by atoms with Crippen LogP contribution in [0.15, 0.2) is 41.8 Å². The molecule has 2 amide bonds. The predicted molar refractivity (Wildman–Crippen MR) is 74.7 cm³/mol. The summed E-state index contributed by atoms with van der Waals surface area (Å²) in [4.78, 5) is 37.8. The standard InChI is InChI=1S/C15H11NO3S/c17-8-7-12(13-6-3-9-20-13)16-14(18)10-4-1-2-5-11(10)15(16)19/h1-6,8-9,12H,7H2. The summed E-state index contributed by atoms with van der Waals surface area (Å²) in [7, 11) is 0. The van der Waals surface area contributed by atoms with Crippen LogP contribution in [0.25, 0.3) is 0 Å². The van der Waals surface area contributed by atoms with E-state index in [1.54, 1.807) is 24.3 Å². The van der Waals surface area contributed by atoms with Crippen LogP contribution in [0.4, 0.5) is 0 Å². The second-order valence-corrected chi connectivity index (χ2v) is 5.44. The Hall–Kier alpha value is -2.27. The van der Waals surface area contributed by atoms with Gasteiger partial charge in [-0.05, 0) is 23.6 Å². The number of carbonyl (C=O) groups excluding carboxylic acids is 3. The molecule has 0 bridgehead atoms. The molecule has 1 aliphatic rings. The van der Waals surface area contributed by atoms with E-state index in [9.17, 15) is 14.4 Å². The van der Waals surface area contributed by atoms with Crippen molar-refractivity contribution < 1.29 is 14.4 Å². The molecule has 1 unspecified atom stereocenters. The van der Waals surface area contributed by atoms with E-state index in [-0.39, 0.29) is 18.2 Å². The minimum Gasteiger partial charge on any atom is -0.303 e. The van der Waals surface area contributed by atoms with Gasteiger partial charge in [-0.2, -0.15) is 0 Å². The normalized spacial score (nSPS) is 15.3. The zero-order valence-corrected chi connectivity index (χ0v) is 11.3. The third-order valence-corrected chi connectivity index (χ3v) is 4.30. The van der Waals surface area contributed by atoms with Crippen molar-refractivity contribution in [2.24, 2.45) is 0 Å². The lowest BCUT2D eigenvalue weighted by Crippen LogP contribution is -2.34.